The van der Waals surface area contributed by atoms with Gasteiger partial charge >= 0.3 is 0 Å². The number of hydrogen-bond acceptors (Lipinski definition) is 5. The Kier molecular flexibility index (Phi) is 7.62. The molecule has 3 saturated heterocycles. The number of carbonyl (C=O) groups is 3. The van der Waals surface area contributed by atoms with Crippen LogP contribution in [0, 0.1) is 11.8 Å². The Morgan fingerprint density at radius 2 is 1.87 bits per heavy atom. The molecule has 7 nitrogen and oxygen atoms in total. The number of aliphatic hydroxyl groups excluding tert-OH is 1. The van der Waals surface area contributed by atoms with Crippen LogP contribution in [0.25, 0.3) is 10.8 Å². The Morgan fingerprint density at radius 1 is 1.15 bits per heavy atom. The Balaban J connectivity index is 1.59. The lowest BCUT2D eigenvalue weighted by atomic mass is 9.70. The monoisotopic (exact) mass is 547 g/mol. The van der Waals surface area contributed by atoms with Crippen molar-refractivity contribution in [3.8, 4) is 0 Å². The summed E-state index contributed by atoms with van der Waals surface area (Å²) >= 11 is 1.65. The zero-order chi connectivity index (χ0) is 27.9. The van der Waals surface area contributed by atoms with E-state index in [2.05, 4.69) is 13.2 Å². The molecule has 3 heterocycles. The van der Waals surface area contributed by atoms with Crippen molar-refractivity contribution in [3.63, 3.8) is 0 Å². The van der Waals surface area contributed by atoms with Gasteiger partial charge in [-0.1, -0.05) is 49.4 Å². The number of carbonyl (C=O) groups excluding carboxylic acids is 3. The standard InChI is InChI=1S/C31H37N3O4S/c1-5-16-32(4)28(36)25-24-14-15-31(39-24)26(25)29(37)34(22(7-3)19-35)27(31)30(38)33(17-6-2)23-13-12-20-10-8-9-11-21(20)18-23/h5-6,8-13,18,22,24-27,35H,1-2,7,14-17,19H2,3-4H3/t22-,24-,25+,26-,27?,31?/m0/s1. The molecule has 6 atom stereocenters. The summed E-state index contributed by atoms with van der Waals surface area (Å²) in [7, 11) is 1.74. The number of anilines is 1. The lowest BCUT2D eigenvalue weighted by molar-refractivity contribution is -0.144. The molecule has 0 radical (unpaired) electrons. The SMILES string of the molecule is C=CCN(C)C(=O)[C@@H]1[C@@H]2CCC3(S2)C(C(=O)N(CC=C)c2ccc4ccccc4c2)N([C@@H](CC)CO)C(=O)[C@H]13. The first-order valence-corrected chi connectivity index (χ1v) is 14.6. The van der Waals surface area contributed by atoms with E-state index in [1.807, 2.05) is 49.4 Å². The van der Waals surface area contributed by atoms with Crippen molar-refractivity contribution in [2.24, 2.45) is 11.8 Å². The van der Waals surface area contributed by atoms with Gasteiger partial charge in [0, 0.05) is 31.1 Å². The summed E-state index contributed by atoms with van der Waals surface area (Å²) in [5, 5.41) is 12.4. The molecule has 206 valence electrons. The van der Waals surface area contributed by atoms with Crippen molar-refractivity contribution >= 4 is 45.9 Å². The van der Waals surface area contributed by atoms with Crippen LogP contribution in [0.15, 0.2) is 67.8 Å². The smallest absolute Gasteiger partial charge is 0.251 e. The number of aliphatic hydroxyl groups is 1. The van der Waals surface area contributed by atoms with E-state index in [9.17, 15) is 19.5 Å². The van der Waals surface area contributed by atoms with E-state index < -0.39 is 28.7 Å². The summed E-state index contributed by atoms with van der Waals surface area (Å²) in [6.45, 7) is 10.0. The van der Waals surface area contributed by atoms with Gasteiger partial charge in [-0.25, -0.2) is 0 Å². The lowest BCUT2D eigenvalue weighted by Crippen LogP contribution is -2.57. The van der Waals surface area contributed by atoms with Gasteiger partial charge in [-0.3, -0.25) is 14.4 Å². The number of likely N-dealkylation sites (tertiary alicyclic amines) is 1. The van der Waals surface area contributed by atoms with Crippen LogP contribution < -0.4 is 4.90 Å². The van der Waals surface area contributed by atoms with Crippen LogP contribution in [0.4, 0.5) is 5.69 Å². The van der Waals surface area contributed by atoms with Crippen molar-refractivity contribution < 1.29 is 19.5 Å². The van der Waals surface area contributed by atoms with Crippen molar-refractivity contribution in [2.75, 3.05) is 31.6 Å². The molecule has 2 bridgehead atoms. The van der Waals surface area contributed by atoms with Crippen LogP contribution in [0.1, 0.15) is 26.2 Å². The topological polar surface area (TPSA) is 81.2 Å². The van der Waals surface area contributed by atoms with Gasteiger partial charge in [0.15, 0.2) is 0 Å². The Bertz CT molecular complexity index is 1310. The van der Waals surface area contributed by atoms with E-state index in [0.29, 0.717) is 19.4 Å². The summed E-state index contributed by atoms with van der Waals surface area (Å²) in [5.74, 6) is -1.54. The average Bonchev–Trinajstić information content (AvgIpc) is 3.59. The zero-order valence-corrected chi connectivity index (χ0v) is 23.5. The van der Waals surface area contributed by atoms with E-state index in [4.69, 9.17) is 0 Å². The largest absolute Gasteiger partial charge is 0.394 e. The molecule has 2 aromatic rings. The summed E-state index contributed by atoms with van der Waals surface area (Å²) in [5.41, 5.74) is 0.735. The van der Waals surface area contributed by atoms with E-state index in [0.717, 1.165) is 22.9 Å². The second-order valence-corrected chi connectivity index (χ2v) is 12.4. The normalized spacial score (nSPS) is 27.9. The van der Waals surface area contributed by atoms with Gasteiger partial charge in [0.05, 0.1) is 29.2 Å². The van der Waals surface area contributed by atoms with E-state index in [-0.39, 0.29) is 36.1 Å². The second-order valence-electron chi connectivity index (χ2n) is 10.8. The van der Waals surface area contributed by atoms with Gasteiger partial charge in [0.1, 0.15) is 6.04 Å². The maximum atomic E-state index is 14.7. The fraction of sp³-hybridized carbons (Fsp3) is 0.452. The number of thioether (sulfide) groups is 1. The third-order valence-corrected chi connectivity index (χ3v) is 10.7. The molecule has 5 rings (SSSR count). The van der Waals surface area contributed by atoms with Crippen LogP contribution in [-0.2, 0) is 14.4 Å². The predicted octanol–water partition coefficient (Wildman–Crippen LogP) is 3.87. The fourth-order valence-corrected chi connectivity index (χ4v) is 9.13. The van der Waals surface area contributed by atoms with Gasteiger partial charge in [0.25, 0.3) is 5.91 Å². The molecule has 2 aromatic carbocycles. The lowest BCUT2D eigenvalue weighted by Gasteiger charge is -2.39. The highest BCUT2D eigenvalue weighted by atomic mass is 32.2. The van der Waals surface area contributed by atoms with Gasteiger partial charge < -0.3 is 19.8 Å². The summed E-state index contributed by atoms with van der Waals surface area (Å²) in [6, 6.07) is 12.6. The molecule has 8 heteroatoms. The molecule has 2 unspecified atom stereocenters. The molecule has 1 spiro atoms. The summed E-state index contributed by atoms with van der Waals surface area (Å²) in [6.07, 6.45) is 5.34. The van der Waals surface area contributed by atoms with E-state index >= 15 is 0 Å². The van der Waals surface area contributed by atoms with E-state index in [1.54, 1.807) is 45.7 Å². The molecule has 1 N–H and O–H groups in total. The van der Waals surface area contributed by atoms with Gasteiger partial charge in [-0.15, -0.1) is 24.9 Å². The number of rotatable bonds is 10. The van der Waals surface area contributed by atoms with Crippen LogP contribution in [0.2, 0.25) is 0 Å². The number of hydrogen-bond donors (Lipinski definition) is 1. The van der Waals surface area contributed by atoms with Crippen LogP contribution >= 0.6 is 11.8 Å². The number of benzene rings is 2. The van der Waals surface area contributed by atoms with Crippen LogP contribution in [-0.4, -0.2) is 81.5 Å². The minimum atomic E-state index is -0.781. The predicted molar refractivity (Wildman–Crippen MR) is 156 cm³/mol. The molecule has 39 heavy (non-hydrogen) atoms. The molecule has 0 aliphatic carbocycles. The third-order valence-electron chi connectivity index (χ3n) is 8.73. The Morgan fingerprint density at radius 3 is 2.54 bits per heavy atom. The zero-order valence-electron chi connectivity index (χ0n) is 22.7. The van der Waals surface area contributed by atoms with Crippen LogP contribution in [0.5, 0.6) is 0 Å². The highest BCUT2D eigenvalue weighted by Crippen LogP contribution is 2.67. The molecule has 3 aliphatic heterocycles. The first kappa shape index (κ1) is 27.5. The third kappa shape index (κ3) is 4.28. The summed E-state index contributed by atoms with van der Waals surface area (Å²) in [4.78, 5) is 47.5. The maximum Gasteiger partial charge on any atom is 0.251 e. The minimum absolute atomic E-state index is 0.0149. The van der Waals surface area contributed by atoms with Crippen LogP contribution in [0.3, 0.4) is 0 Å². The molecule has 3 aliphatic rings. The Hall–Kier alpha value is -3.10. The number of amides is 3. The molecule has 0 aromatic heterocycles. The minimum Gasteiger partial charge on any atom is -0.394 e. The van der Waals surface area contributed by atoms with E-state index in [1.165, 1.54) is 0 Å². The van der Waals surface area contributed by atoms with Crippen molar-refractivity contribution in [1.29, 1.82) is 0 Å². The summed E-state index contributed by atoms with van der Waals surface area (Å²) < 4.78 is -0.715. The van der Waals surface area contributed by atoms with Gasteiger partial charge in [-0.05, 0) is 42.2 Å². The van der Waals surface area contributed by atoms with Gasteiger partial charge in [-0.2, -0.15) is 0 Å². The van der Waals surface area contributed by atoms with Crippen molar-refractivity contribution in [3.05, 3.63) is 67.8 Å². The average molecular weight is 548 g/mol. The molecule has 3 fully saturated rings. The highest BCUT2D eigenvalue weighted by Gasteiger charge is 2.74. The maximum absolute atomic E-state index is 14.7. The molecular formula is C31H37N3O4S. The quantitative estimate of drug-likeness (QED) is 0.457. The first-order valence-electron chi connectivity index (χ1n) is 13.7. The molecular weight excluding hydrogens is 510 g/mol. The van der Waals surface area contributed by atoms with Crippen molar-refractivity contribution in [1.82, 2.24) is 9.80 Å². The Labute approximate surface area is 234 Å². The molecule has 0 saturated carbocycles. The first-order chi connectivity index (χ1) is 18.8. The number of fused-ring (bicyclic) bond motifs is 2. The molecule has 3 amide bonds. The fourth-order valence-electron chi connectivity index (χ4n) is 6.94. The highest BCUT2D eigenvalue weighted by molar-refractivity contribution is 8.02. The van der Waals surface area contributed by atoms with Gasteiger partial charge in [0.2, 0.25) is 11.8 Å². The second kappa shape index (κ2) is 10.8. The number of nitrogens with zero attached hydrogens (tertiary/aromatic N) is 3. The van der Waals surface area contributed by atoms with Crippen molar-refractivity contribution in [2.45, 2.75) is 48.3 Å². The number of likely N-dealkylation sites (N-methyl/N-ethyl adjacent to an activating group) is 1.